The van der Waals surface area contributed by atoms with Gasteiger partial charge in [-0.05, 0) is 59.0 Å². The number of fused-ring (bicyclic) bond motifs is 1. The highest BCUT2D eigenvalue weighted by Crippen LogP contribution is 2.39. The van der Waals surface area contributed by atoms with E-state index in [4.69, 9.17) is 4.74 Å². The Kier molecular flexibility index (Phi) is 6.13. The Morgan fingerprint density at radius 2 is 1.70 bits per heavy atom. The van der Waals surface area contributed by atoms with Crippen molar-refractivity contribution in [3.05, 3.63) is 101 Å². The van der Waals surface area contributed by atoms with Crippen LogP contribution < -0.4 is 4.90 Å². The topological polar surface area (TPSA) is 53.0 Å². The Hall–Kier alpha value is -3.57. The number of anilines is 1. The lowest BCUT2D eigenvalue weighted by atomic mass is 9.87. The van der Waals surface area contributed by atoms with Crippen molar-refractivity contribution in [1.29, 1.82) is 0 Å². The van der Waals surface area contributed by atoms with Gasteiger partial charge in [-0.25, -0.2) is 0 Å². The van der Waals surface area contributed by atoms with Gasteiger partial charge in [-0.2, -0.15) is 0 Å². The maximum Gasteiger partial charge on any atom is 0.246 e. The number of nitrogens with zero attached hydrogens (tertiary/aromatic N) is 2. The molecule has 0 saturated carbocycles. The van der Waals surface area contributed by atoms with E-state index in [0.717, 1.165) is 24.2 Å². The molecule has 2 heterocycles. The van der Waals surface area contributed by atoms with Crippen molar-refractivity contribution in [2.24, 2.45) is 0 Å². The second-order valence-electron chi connectivity index (χ2n) is 8.50. The summed E-state index contributed by atoms with van der Waals surface area (Å²) < 4.78 is 5.32. The Morgan fingerprint density at radius 3 is 2.45 bits per heavy atom. The predicted octanol–water partition coefficient (Wildman–Crippen LogP) is 4.42. The van der Waals surface area contributed by atoms with Crippen molar-refractivity contribution in [2.45, 2.75) is 12.5 Å². The molecule has 0 radical (unpaired) electrons. The lowest BCUT2D eigenvalue weighted by molar-refractivity contribution is -0.129. The zero-order chi connectivity index (χ0) is 22.6. The van der Waals surface area contributed by atoms with Gasteiger partial charge in [-0.15, -0.1) is 0 Å². The van der Waals surface area contributed by atoms with Crippen LogP contribution in [0.5, 0.6) is 5.75 Å². The van der Waals surface area contributed by atoms with Crippen LogP contribution in [0.1, 0.15) is 28.3 Å². The van der Waals surface area contributed by atoms with Crippen LogP contribution in [0.2, 0.25) is 0 Å². The summed E-state index contributed by atoms with van der Waals surface area (Å²) in [4.78, 5) is 16.6. The van der Waals surface area contributed by atoms with Gasteiger partial charge in [0.15, 0.2) is 0 Å². The second-order valence-corrected chi connectivity index (χ2v) is 8.50. The highest BCUT2D eigenvalue weighted by Gasteiger charge is 2.29. The molecule has 168 valence electrons. The smallest absolute Gasteiger partial charge is 0.246 e. The summed E-state index contributed by atoms with van der Waals surface area (Å²) in [7, 11) is 0. The number of amides is 1. The molecule has 0 bridgehead atoms. The van der Waals surface area contributed by atoms with Crippen molar-refractivity contribution < 1.29 is 14.6 Å². The number of carbonyl (C=O) groups excluding carboxylic acids is 1. The third-order valence-electron chi connectivity index (χ3n) is 6.44. The first kappa shape index (κ1) is 21.3. The largest absolute Gasteiger partial charge is 0.508 e. The van der Waals surface area contributed by atoms with Crippen LogP contribution in [0.25, 0.3) is 6.08 Å². The van der Waals surface area contributed by atoms with E-state index in [9.17, 15) is 9.90 Å². The molecule has 3 aromatic rings. The Morgan fingerprint density at radius 1 is 0.939 bits per heavy atom. The minimum atomic E-state index is 0.0300. The molecule has 2 aliphatic heterocycles. The van der Waals surface area contributed by atoms with Gasteiger partial charge < -0.3 is 19.6 Å². The summed E-state index contributed by atoms with van der Waals surface area (Å²) in [6.45, 7) is 3.37. The molecule has 1 atom stereocenters. The number of hydrogen-bond acceptors (Lipinski definition) is 4. The van der Waals surface area contributed by atoms with E-state index in [-0.39, 0.29) is 11.9 Å². The fraction of sp³-hybridized carbons (Fsp3) is 0.250. The maximum atomic E-state index is 12.4. The van der Waals surface area contributed by atoms with Gasteiger partial charge in [-0.3, -0.25) is 4.79 Å². The van der Waals surface area contributed by atoms with Crippen LogP contribution in [-0.2, 0) is 16.0 Å². The van der Waals surface area contributed by atoms with Crippen LogP contribution in [-0.4, -0.2) is 48.8 Å². The summed E-state index contributed by atoms with van der Waals surface area (Å²) in [6.07, 6.45) is 4.41. The molecular formula is C28H28N2O3. The third-order valence-corrected chi connectivity index (χ3v) is 6.44. The first-order chi connectivity index (χ1) is 16.2. The summed E-state index contributed by atoms with van der Waals surface area (Å²) in [6, 6.07) is 24.7. The van der Waals surface area contributed by atoms with Gasteiger partial charge in [-0.1, -0.05) is 48.5 Å². The number of phenolic OH excluding ortho intramolecular Hbond substituents is 1. The summed E-state index contributed by atoms with van der Waals surface area (Å²) in [5.41, 5.74) is 5.79. The SMILES string of the molecule is O=C(/C=C/c1ccc(N2CCc3cc(O)ccc3C2c2ccccc2)cc1)N1CCOCC1. The molecule has 0 aromatic heterocycles. The van der Waals surface area contributed by atoms with E-state index >= 15 is 0 Å². The van der Waals surface area contributed by atoms with E-state index < -0.39 is 0 Å². The minimum absolute atomic E-state index is 0.0300. The van der Waals surface area contributed by atoms with Gasteiger partial charge in [0.2, 0.25) is 5.91 Å². The molecule has 33 heavy (non-hydrogen) atoms. The van der Waals surface area contributed by atoms with Gasteiger partial charge in [0.25, 0.3) is 0 Å². The number of carbonyl (C=O) groups is 1. The van der Waals surface area contributed by atoms with E-state index in [1.54, 1.807) is 12.1 Å². The second kappa shape index (κ2) is 9.51. The molecular weight excluding hydrogens is 412 g/mol. The van der Waals surface area contributed by atoms with Crippen LogP contribution >= 0.6 is 0 Å². The predicted molar refractivity (Wildman–Crippen MR) is 130 cm³/mol. The number of hydrogen-bond donors (Lipinski definition) is 1. The van der Waals surface area contributed by atoms with Gasteiger partial charge in [0.1, 0.15) is 5.75 Å². The van der Waals surface area contributed by atoms with E-state index in [0.29, 0.717) is 32.1 Å². The lowest BCUT2D eigenvalue weighted by Gasteiger charge is -2.39. The summed E-state index contributed by atoms with van der Waals surface area (Å²) >= 11 is 0. The van der Waals surface area contributed by atoms with Gasteiger partial charge in [0.05, 0.1) is 19.3 Å². The summed E-state index contributed by atoms with van der Waals surface area (Å²) in [5.74, 6) is 0.346. The van der Waals surface area contributed by atoms with Crippen molar-refractivity contribution in [3.8, 4) is 5.75 Å². The van der Waals surface area contributed by atoms with Crippen molar-refractivity contribution in [3.63, 3.8) is 0 Å². The number of morpholine rings is 1. The number of aromatic hydroxyl groups is 1. The molecule has 1 unspecified atom stereocenters. The zero-order valence-corrected chi connectivity index (χ0v) is 18.6. The number of ether oxygens (including phenoxy) is 1. The quantitative estimate of drug-likeness (QED) is 0.611. The number of phenols is 1. The Bertz CT molecular complexity index is 1140. The fourth-order valence-corrected chi connectivity index (χ4v) is 4.72. The highest BCUT2D eigenvalue weighted by molar-refractivity contribution is 5.91. The zero-order valence-electron chi connectivity index (χ0n) is 18.6. The van der Waals surface area contributed by atoms with Crippen LogP contribution in [0.3, 0.4) is 0 Å². The molecule has 2 aliphatic rings. The van der Waals surface area contributed by atoms with E-state index in [1.165, 1.54) is 16.7 Å². The van der Waals surface area contributed by atoms with Crippen molar-refractivity contribution in [1.82, 2.24) is 4.90 Å². The standard InChI is InChI=1S/C28H28N2O3/c31-25-11-12-26-23(20-25)14-15-30(28(26)22-4-2-1-3-5-22)24-9-6-21(7-10-24)8-13-27(32)29-16-18-33-19-17-29/h1-13,20,28,31H,14-19H2/b13-8+. The molecule has 1 amide bonds. The van der Waals surface area contributed by atoms with Crippen LogP contribution in [0, 0.1) is 0 Å². The molecule has 1 fully saturated rings. The first-order valence-electron chi connectivity index (χ1n) is 11.5. The van der Waals surface area contributed by atoms with Crippen LogP contribution in [0.15, 0.2) is 78.9 Å². The highest BCUT2D eigenvalue weighted by atomic mass is 16.5. The van der Waals surface area contributed by atoms with Crippen LogP contribution in [0.4, 0.5) is 5.69 Å². The van der Waals surface area contributed by atoms with E-state index in [2.05, 4.69) is 53.4 Å². The van der Waals surface area contributed by atoms with Gasteiger partial charge >= 0.3 is 0 Å². The average molecular weight is 441 g/mol. The molecule has 3 aromatic carbocycles. The third kappa shape index (κ3) is 4.64. The molecule has 0 spiro atoms. The fourth-order valence-electron chi connectivity index (χ4n) is 4.72. The van der Waals surface area contributed by atoms with Crippen molar-refractivity contribution in [2.75, 3.05) is 37.7 Å². The average Bonchev–Trinajstić information content (AvgIpc) is 2.88. The molecule has 5 nitrogen and oxygen atoms in total. The van der Waals surface area contributed by atoms with Crippen molar-refractivity contribution >= 4 is 17.7 Å². The molecule has 1 N–H and O–H groups in total. The Labute approximate surface area is 194 Å². The maximum absolute atomic E-state index is 12.4. The monoisotopic (exact) mass is 440 g/mol. The number of benzene rings is 3. The minimum Gasteiger partial charge on any atom is -0.508 e. The molecule has 5 heteroatoms. The molecule has 5 rings (SSSR count). The first-order valence-corrected chi connectivity index (χ1v) is 11.5. The normalized spacial score (nSPS) is 18.4. The van der Waals surface area contributed by atoms with Gasteiger partial charge in [0, 0.05) is 31.4 Å². The Balaban J connectivity index is 1.39. The summed E-state index contributed by atoms with van der Waals surface area (Å²) in [5, 5.41) is 9.98. The lowest BCUT2D eigenvalue weighted by Crippen LogP contribution is -2.39. The number of rotatable bonds is 4. The van der Waals surface area contributed by atoms with E-state index in [1.807, 2.05) is 29.2 Å². The molecule has 0 aliphatic carbocycles. The molecule has 1 saturated heterocycles.